The van der Waals surface area contributed by atoms with Gasteiger partial charge in [-0.25, -0.2) is 12.8 Å². The van der Waals surface area contributed by atoms with Gasteiger partial charge in [0.25, 0.3) is 0 Å². The number of aliphatic hydroxyl groups is 2. The van der Waals surface area contributed by atoms with Crippen LogP contribution in [0.15, 0.2) is 29.2 Å². The van der Waals surface area contributed by atoms with E-state index in [0.717, 1.165) is 12.1 Å². The van der Waals surface area contributed by atoms with Gasteiger partial charge in [0.2, 0.25) is 10.0 Å². The molecule has 0 aliphatic carbocycles. The monoisotopic (exact) mass is 375 g/mol. The fourth-order valence-electron chi connectivity index (χ4n) is 2.51. The van der Waals surface area contributed by atoms with Gasteiger partial charge in [0, 0.05) is 6.54 Å². The zero-order chi connectivity index (χ0) is 17.5. The van der Waals surface area contributed by atoms with Crippen molar-refractivity contribution in [1.29, 1.82) is 0 Å². The maximum absolute atomic E-state index is 13.2. The molecule has 1 aliphatic rings. The molecule has 0 radical (unpaired) electrons. The third-order valence-electron chi connectivity index (χ3n) is 3.82. The number of sulfonamides is 1. The van der Waals surface area contributed by atoms with Crippen LogP contribution in [0.5, 0.6) is 0 Å². The lowest BCUT2D eigenvalue weighted by atomic mass is 10.2. The van der Waals surface area contributed by atoms with Crippen LogP contribution >= 0.6 is 11.6 Å². The van der Waals surface area contributed by atoms with Crippen molar-refractivity contribution in [3.05, 3.63) is 46.5 Å². The maximum atomic E-state index is 13.2. The molecule has 3 rings (SSSR count). The summed E-state index contributed by atoms with van der Waals surface area (Å²) in [4.78, 5) is -0.0857. The lowest BCUT2D eigenvalue weighted by Crippen LogP contribution is -2.38. The molecule has 2 heterocycles. The predicted octanol–water partition coefficient (Wildman–Crippen LogP) is 0.906. The molecule has 0 bridgehead atoms. The van der Waals surface area contributed by atoms with Crippen LogP contribution in [0.4, 0.5) is 4.39 Å². The Bertz CT molecular complexity index is 871. The molecule has 0 amide bonds. The Morgan fingerprint density at radius 2 is 2.08 bits per heavy atom. The van der Waals surface area contributed by atoms with E-state index in [9.17, 15) is 17.9 Å². The van der Waals surface area contributed by atoms with E-state index in [1.54, 1.807) is 10.7 Å². The highest BCUT2D eigenvalue weighted by molar-refractivity contribution is 7.89. The van der Waals surface area contributed by atoms with Gasteiger partial charge >= 0.3 is 0 Å². The highest BCUT2D eigenvalue weighted by Gasteiger charge is 2.30. The molecule has 1 aromatic heterocycles. The molecule has 0 saturated heterocycles. The number of fused-ring (bicyclic) bond motifs is 1. The zero-order valence-electron chi connectivity index (χ0n) is 12.4. The number of hydrogen-bond donors (Lipinski definition) is 2. The molecule has 7 nitrogen and oxygen atoms in total. The SMILES string of the molecule is O=S(=O)(c1ccc(F)c(Cl)c1)N1CCn2nc([C@H](O)CO)cc2C1. The van der Waals surface area contributed by atoms with Gasteiger partial charge in [-0.05, 0) is 24.3 Å². The van der Waals surface area contributed by atoms with Gasteiger partial charge in [-0.15, -0.1) is 0 Å². The van der Waals surface area contributed by atoms with Gasteiger partial charge in [-0.1, -0.05) is 11.6 Å². The molecule has 1 atom stereocenters. The lowest BCUT2D eigenvalue weighted by molar-refractivity contribution is 0.0916. The largest absolute Gasteiger partial charge is 0.393 e. The van der Waals surface area contributed by atoms with Crippen LogP contribution in [0.25, 0.3) is 0 Å². The first-order valence-electron chi connectivity index (χ1n) is 7.13. The number of nitrogens with zero attached hydrogens (tertiary/aromatic N) is 3. The molecule has 0 fully saturated rings. The first-order chi connectivity index (χ1) is 11.3. The molecule has 1 aliphatic heterocycles. The quantitative estimate of drug-likeness (QED) is 0.828. The smallest absolute Gasteiger partial charge is 0.243 e. The Labute approximate surface area is 142 Å². The number of halogens is 2. The summed E-state index contributed by atoms with van der Waals surface area (Å²) in [6.07, 6.45) is -1.11. The molecule has 0 spiro atoms. The normalized spacial score (nSPS) is 16.8. The molecular weight excluding hydrogens is 361 g/mol. The van der Waals surface area contributed by atoms with Gasteiger partial charge in [-0.3, -0.25) is 4.68 Å². The Kier molecular flexibility index (Phi) is 4.63. The van der Waals surface area contributed by atoms with Crippen molar-refractivity contribution in [1.82, 2.24) is 14.1 Å². The second-order valence-electron chi connectivity index (χ2n) is 5.40. The standard InChI is InChI=1S/C14H15ClFN3O4S/c15-11-6-10(1-2-12(11)16)24(22,23)18-3-4-19-9(7-18)5-13(17-19)14(21)8-20/h1-2,5-6,14,20-21H,3-4,7-8H2/t14-/m1/s1. The minimum absolute atomic E-state index is 0.0580. The predicted molar refractivity (Wildman–Crippen MR) is 83.3 cm³/mol. The number of hydrogen-bond acceptors (Lipinski definition) is 5. The Morgan fingerprint density at radius 3 is 2.75 bits per heavy atom. The Hall–Kier alpha value is -1.52. The Morgan fingerprint density at radius 1 is 1.33 bits per heavy atom. The molecule has 2 N–H and O–H groups in total. The van der Waals surface area contributed by atoms with E-state index in [1.807, 2.05) is 0 Å². The van der Waals surface area contributed by atoms with Crippen molar-refractivity contribution in [3.8, 4) is 0 Å². The highest BCUT2D eigenvalue weighted by Crippen LogP contribution is 2.26. The van der Waals surface area contributed by atoms with Crippen molar-refractivity contribution in [2.24, 2.45) is 0 Å². The number of rotatable bonds is 4. The van der Waals surface area contributed by atoms with E-state index in [1.165, 1.54) is 10.4 Å². The van der Waals surface area contributed by atoms with Crippen LogP contribution in [0.1, 0.15) is 17.5 Å². The van der Waals surface area contributed by atoms with Crippen molar-refractivity contribution in [2.45, 2.75) is 24.1 Å². The number of benzene rings is 1. The lowest BCUT2D eigenvalue weighted by Gasteiger charge is -2.27. The van der Waals surface area contributed by atoms with Crippen LogP contribution in [0.2, 0.25) is 5.02 Å². The van der Waals surface area contributed by atoms with Crippen molar-refractivity contribution < 1.29 is 23.0 Å². The van der Waals surface area contributed by atoms with Gasteiger partial charge in [0.1, 0.15) is 11.9 Å². The van der Waals surface area contributed by atoms with Crippen LogP contribution < -0.4 is 0 Å². The summed E-state index contributed by atoms with van der Waals surface area (Å²) in [7, 11) is -3.83. The van der Waals surface area contributed by atoms with Gasteiger partial charge in [0.05, 0.1) is 41.0 Å². The van der Waals surface area contributed by atoms with Gasteiger partial charge in [-0.2, -0.15) is 9.40 Å². The molecule has 0 saturated carbocycles. The summed E-state index contributed by atoms with van der Waals surface area (Å²) >= 11 is 5.67. The summed E-state index contributed by atoms with van der Waals surface area (Å²) in [6, 6.07) is 4.82. The Balaban J connectivity index is 1.88. The van der Waals surface area contributed by atoms with Crippen molar-refractivity contribution in [3.63, 3.8) is 0 Å². The summed E-state index contributed by atoms with van der Waals surface area (Å²) in [5.74, 6) is -0.685. The van der Waals surface area contributed by atoms with Crippen LogP contribution in [-0.4, -0.2) is 45.9 Å². The van der Waals surface area contributed by atoms with Gasteiger partial charge < -0.3 is 10.2 Å². The highest BCUT2D eigenvalue weighted by atomic mass is 35.5. The molecule has 24 heavy (non-hydrogen) atoms. The first-order valence-corrected chi connectivity index (χ1v) is 8.95. The number of aliphatic hydroxyl groups excluding tert-OH is 2. The van der Waals surface area contributed by atoms with E-state index in [2.05, 4.69) is 5.10 Å². The summed E-state index contributed by atoms with van der Waals surface area (Å²) < 4.78 is 41.4. The van der Waals surface area contributed by atoms with Crippen molar-refractivity contribution in [2.75, 3.05) is 13.2 Å². The third-order valence-corrected chi connectivity index (χ3v) is 5.96. The fraction of sp³-hybridized carbons (Fsp3) is 0.357. The summed E-state index contributed by atoms with van der Waals surface area (Å²) in [5, 5.41) is 22.5. The molecular formula is C14H15ClFN3O4S. The van der Waals surface area contributed by atoms with Crippen LogP contribution in [-0.2, 0) is 23.1 Å². The molecule has 130 valence electrons. The van der Waals surface area contributed by atoms with E-state index >= 15 is 0 Å². The number of aromatic nitrogens is 2. The van der Waals surface area contributed by atoms with E-state index in [-0.39, 0.29) is 28.7 Å². The molecule has 10 heteroatoms. The molecule has 2 aromatic rings. The minimum Gasteiger partial charge on any atom is -0.393 e. The first kappa shape index (κ1) is 17.3. The van der Waals surface area contributed by atoms with Gasteiger partial charge in [0.15, 0.2) is 0 Å². The average molecular weight is 376 g/mol. The van der Waals surface area contributed by atoms with E-state index in [0.29, 0.717) is 12.2 Å². The summed E-state index contributed by atoms with van der Waals surface area (Å²) in [6.45, 7) is 0.0807. The maximum Gasteiger partial charge on any atom is 0.243 e. The fourth-order valence-corrected chi connectivity index (χ4v) is 4.19. The zero-order valence-corrected chi connectivity index (χ0v) is 14.0. The molecule has 0 unspecified atom stereocenters. The minimum atomic E-state index is -3.83. The van der Waals surface area contributed by atoms with Crippen LogP contribution in [0.3, 0.4) is 0 Å². The van der Waals surface area contributed by atoms with E-state index < -0.39 is 28.6 Å². The summed E-state index contributed by atoms with van der Waals surface area (Å²) in [5.41, 5.74) is 0.886. The van der Waals surface area contributed by atoms with Crippen molar-refractivity contribution >= 4 is 21.6 Å². The topological polar surface area (TPSA) is 95.7 Å². The molecule has 1 aromatic carbocycles. The van der Waals surface area contributed by atoms with E-state index in [4.69, 9.17) is 16.7 Å². The second-order valence-corrected chi connectivity index (χ2v) is 7.74. The average Bonchev–Trinajstić information content (AvgIpc) is 2.99. The third kappa shape index (κ3) is 3.05. The van der Waals surface area contributed by atoms with Crippen LogP contribution in [0, 0.1) is 5.82 Å². The second kappa shape index (κ2) is 6.41.